The number of non-ortho nitro benzene ring substituents is 1. The number of fused-ring (bicyclic) bond motifs is 1. The summed E-state index contributed by atoms with van der Waals surface area (Å²) in [5, 5.41) is 10.7. The molecule has 0 unspecified atom stereocenters. The topological polar surface area (TPSA) is 139 Å². The summed E-state index contributed by atoms with van der Waals surface area (Å²) in [5.41, 5.74) is 0.250. The highest BCUT2D eigenvalue weighted by molar-refractivity contribution is 5.98. The van der Waals surface area contributed by atoms with E-state index >= 15 is 0 Å². The number of nitro benzene ring substituents is 1. The Hall–Kier alpha value is -4.08. The largest absolute Gasteiger partial charge is 0.462 e. The van der Waals surface area contributed by atoms with Gasteiger partial charge in [-0.2, -0.15) is 0 Å². The second-order valence-corrected chi connectivity index (χ2v) is 8.67. The van der Waals surface area contributed by atoms with E-state index in [1.807, 2.05) is 0 Å². The van der Waals surface area contributed by atoms with E-state index < -0.39 is 41.1 Å². The summed E-state index contributed by atoms with van der Waals surface area (Å²) in [6, 6.07) is 10.7. The van der Waals surface area contributed by atoms with E-state index in [0.717, 1.165) is 6.42 Å². The van der Waals surface area contributed by atoms with Crippen LogP contribution >= 0.6 is 0 Å². The molecule has 3 aliphatic rings. The van der Waals surface area contributed by atoms with Gasteiger partial charge >= 0.3 is 17.9 Å². The molecule has 0 amide bonds. The van der Waals surface area contributed by atoms with Gasteiger partial charge in [-0.25, -0.2) is 4.79 Å². The van der Waals surface area contributed by atoms with Gasteiger partial charge in [-0.3, -0.25) is 24.5 Å². The summed E-state index contributed by atoms with van der Waals surface area (Å²) in [6.07, 6.45) is 1.36. The minimum Gasteiger partial charge on any atom is -0.462 e. The van der Waals surface area contributed by atoms with Crippen LogP contribution in [0, 0.1) is 33.8 Å². The average Bonchev–Trinajstić information content (AvgIpc) is 3.46. The van der Waals surface area contributed by atoms with Crippen LogP contribution in [0.4, 0.5) is 5.69 Å². The van der Waals surface area contributed by atoms with Crippen molar-refractivity contribution in [3.05, 3.63) is 69.8 Å². The summed E-state index contributed by atoms with van der Waals surface area (Å²) in [4.78, 5) is 59.4. The zero-order valence-corrected chi connectivity index (χ0v) is 17.7. The van der Waals surface area contributed by atoms with Crippen LogP contribution in [0.15, 0.2) is 48.5 Å². The van der Waals surface area contributed by atoms with Crippen LogP contribution in [-0.2, 0) is 19.1 Å². The first-order chi connectivity index (χ1) is 16.3. The van der Waals surface area contributed by atoms with Crippen LogP contribution in [-0.4, -0.2) is 41.3 Å². The van der Waals surface area contributed by atoms with Crippen molar-refractivity contribution in [2.45, 2.75) is 18.9 Å². The van der Waals surface area contributed by atoms with Crippen molar-refractivity contribution in [2.75, 3.05) is 6.61 Å². The third kappa shape index (κ3) is 3.81. The van der Waals surface area contributed by atoms with Gasteiger partial charge in [-0.05, 0) is 55.2 Å². The van der Waals surface area contributed by atoms with Crippen molar-refractivity contribution in [1.29, 1.82) is 0 Å². The summed E-state index contributed by atoms with van der Waals surface area (Å²) in [6.45, 7) is -0.458. The Balaban J connectivity index is 1.15. The average molecular weight is 465 g/mol. The number of benzene rings is 2. The zero-order chi connectivity index (χ0) is 24.0. The summed E-state index contributed by atoms with van der Waals surface area (Å²) in [5.74, 6) is -2.74. The molecule has 2 aromatic rings. The lowest BCUT2D eigenvalue weighted by Crippen LogP contribution is -2.34. The SMILES string of the molecule is O=C(COC(=O)[C@@H]1[C@@H]2C[C@@H]3[C@H]1C(=O)O[C@H]3C2)c1ccc(OC(=O)c2ccc([N+](=O)[O-])cc2)cc1. The highest BCUT2D eigenvalue weighted by Gasteiger charge is 2.64. The van der Waals surface area contributed by atoms with Crippen LogP contribution in [0.1, 0.15) is 33.6 Å². The first-order valence-corrected chi connectivity index (χ1v) is 10.8. The van der Waals surface area contributed by atoms with Crippen molar-refractivity contribution in [3.63, 3.8) is 0 Å². The number of nitrogens with zero attached hydrogens (tertiary/aromatic N) is 1. The van der Waals surface area contributed by atoms with Crippen LogP contribution in [0.2, 0.25) is 0 Å². The molecule has 0 aromatic heterocycles. The Morgan fingerprint density at radius 2 is 1.68 bits per heavy atom. The highest BCUT2D eigenvalue weighted by Crippen LogP contribution is 2.57. The van der Waals surface area contributed by atoms with Gasteiger partial charge < -0.3 is 14.2 Å². The Morgan fingerprint density at radius 1 is 1.00 bits per heavy atom. The first-order valence-electron chi connectivity index (χ1n) is 10.8. The molecule has 10 nitrogen and oxygen atoms in total. The lowest BCUT2D eigenvalue weighted by Gasteiger charge is -2.22. The molecule has 174 valence electrons. The third-order valence-corrected chi connectivity index (χ3v) is 6.80. The number of hydrogen-bond acceptors (Lipinski definition) is 9. The predicted octanol–water partition coefficient (Wildman–Crippen LogP) is 2.74. The lowest BCUT2D eigenvalue weighted by molar-refractivity contribution is -0.384. The van der Waals surface area contributed by atoms with Crippen LogP contribution < -0.4 is 4.74 Å². The fraction of sp³-hybridized carbons (Fsp3) is 0.333. The highest BCUT2D eigenvalue weighted by atomic mass is 16.6. The summed E-state index contributed by atoms with van der Waals surface area (Å²) >= 11 is 0. The van der Waals surface area contributed by atoms with Crippen LogP contribution in [0.5, 0.6) is 5.75 Å². The molecular formula is C24H19NO9. The zero-order valence-electron chi connectivity index (χ0n) is 17.7. The van der Waals surface area contributed by atoms with Gasteiger partial charge in [-0.1, -0.05) is 0 Å². The molecule has 2 aromatic carbocycles. The van der Waals surface area contributed by atoms with E-state index in [0.29, 0.717) is 6.42 Å². The van der Waals surface area contributed by atoms with E-state index in [1.54, 1.807) is 0 Å². The molecule has 1 aliphatic heterocycles. The molecule has 1 heterocycles. The Kier molecular flexibility index (Phi) is 5.35. The van der Waals surface area contributed by atoms with Crippen molar-refractivity contribution >= 4 is 29.4 Å². The Labute approximate surface area is 192 Å². The van der Waals surface area contributed by atoms with Crippen molar-refractivity contribution in [3.8, 4) is 5.75 Å². The first kappa shape index (κ1) is 21.7. The van der Waals surface area contributed by atoms with Gasteiger partial charge in [0.25, 0.3) is 5.69 Å². The maximum Gasteiger partial charge on any atom is 0.343 e. The molecule has 5 atom stereocenters. The fourth-order valence-corrected chi connectivity index (χ4v) is 5.24. The second kappa shape index (κ2) is 8.36. The molecule has 0 radical (unpaired) electrons. The Morgan fingerprint density at radius 3 is 2.35 bits per heavy atom. The summed E-state index contributed by atoms with van der Waals surface area (Å²) in [7, 11) is 0. The van der Waals surface area contributed by atoms with Crippen molar-refractivity contribution in [1.82, 2.24) is 0 Å². The molecule has 1 saturated heterocycles. The number of ketones is 1. The predicted molar refractivity (Wildman–Crippen MR) is 113 cm³/mol. The molecule has 2 saturated carbocycles. The number of esters is 3. The van der Waals surface area contributed by atoms with Gasteiger partial charge in [0.1, 0.15) is 11.9 Å². The number of ether oxygens (including phenoxy) is 3. The minimum absolute atomic E-state index is 0.0544. The third-order valence-electron chi connectivity index (χ3n) is 6.80. The van der Waals surface area contributed by atoms with Gasteiger partial charge in [-0.15, -0.1) is 0 Å². The molecular weight excluding hydrogens is 446 g/mol. The summed E-state index contributed by atoms with van der Waals surface area (Å²) < 4.78 is 15.8. The van der Waals surface area contributed by atoms with E-state index in [1.165, 1.54) is 48.5 Å². The molecule has 2 bridgehead atoms. The quantitative estimate of drug-likeness (QED) is 0.198. The van der Waals surface area contributed by atoms with Gasteiger partial charge in [0.2, 0.25) is 0 Å². The number of carbonyl (C=O) groups excluding carboxylic acids is 4. The van der Waals surface area contributed by atoms with Crippen molar-refractivity contribution < 1.29 is 38.3 Å². The van der Waals surface area contributed by atoms with Gasteiger partial charge in [0, 0.05) is 23.6 Å². The second-order valence-electron chi connectivity index (χ2n) is 8.67. The fourth-order valence-electron chi connectivity index (χ4n) is 5.24. The number of hydrogen-bond donors (Lipinski definition) is 0. The van der Waals surface area contributed by atoms with Gasteiger partial charge in [0.05, 0.1) is 22.3 Å². The minimum atomic E-state index is -0.707. The van der Waals surface area contributed by atoms with E-state index in [4.69, 9.17) is 14.2 Å². The molecule has 0 N–H and O–H groups in total. The van der Waals surface area contributed by atoms with Crippen LogP contribution in [0.25, 0.3) is 0 Å². The standard InChI is InChI=1S/C24H19NO9/c26-18(11-32-23(28)20-14-9-17-19(10-14)34-24(29)21(17)20)12-3-7-16(8-4-12)33-22(27)13-1-5-15(6-2-13)25(30)31/h1-8,14,17,19-21H,9-11H2/t14-,17+,19+,20-,21-/m1/s1. The normalized spacial score (nSPS) is 26.1. The van der Waals surface area contributed by atoms with E-state index in [-0.39, 0.29) is 46.5 Å². The number of nitro groups is 1. The van der Waals surface area contributed by atoms with Gasteiger partial charge in [0.15, 0.2) is 12.4 Å². The molecule has 0 spiro atoms. The molecule has 5 rings (SSSR count). The maximum absolute atomic E-state index is 12.6. The number of Topliss-reactive ketones (excluding diaryl/α,β-unsaturated/α-hetero) is 1. The maximum atomic E-state index is 12.6. The number of carbonyl (C=O) groups is 4. The monoisotopic (exact) mass is 465 g/mol. The molecule has 10 heteroatoms. The molecule has 3 fully saturated rings. The van der Waals surface area contributed by atoms with E-state index in [9.17, 15) is 29.3 Å². The Bertz CT molecular complexity index is 1190. The van der Waals surface area contributed by atoms with Crippen LogP contribution in [0.3, 0.4) is 0 Å². The smallest absolute Gasteiger partial charge is 0.343 e. The molecule has 34 heavy (non-hydrogen) atoms. The number of rotatable bonds is 7. The van der Waals surface area contributed by atoms with Crippen molar-refractivity contribution in [2.24, 2.45) is 23.7 Å². The lowest BCUT2D eigenvalue weighted by atomic mass is 9.80. The molecule has 2 aliphatic carbocycles. The van der Waals surface area contributed by atoms with E-state index in [2.05, 4.69) is 0 Å².